The molecule has 0 radical (unpaired) electrons. The van der Waals surface area contributed by atoms with Crippen LogP contribution in [0.15, 0.2) is 12.3 Å². The van der Waals surface area contributed by atoms with Gasteiger partial charge in [0.15, 0.2) is 0 Å². The third-order valence-corrected chi connectivity index (χ3v) is 4.54. The summed E-state index contributed by atoms with van der Waals surface area (Å²) in [7, 11) is 0. The van der Waals surface area contributed by atoms with E-state index in [1.807, 2.05) is 19.9 Å². The third kappa shape index (κ3) is 2.81. The van der Waals surface area contributed by atoms with Crippen molar-refractivity contribution in [2.75, 3.05) is 12.3 Å². The number of anilines is 1. The van der Waals surface area contributed by atoms with Gasteiger partial charge in [0.2, 0.25) is 0 Å². The standard InChI is InChI=1S/C16H27N3O/c1-4-20-16(8-5-6-11(2)10-16)14(17)13-12(3)7-9-19-15(13)18/h7,9,11,14H,4-6,8,10,17H2,1-3H3,(H2,18,19). The average Bonchev–Trinajstić information content (AvgIpc) is 2.38. The number of aromatic nitrogens is 1. The number of hydrogen-bond acceptors (Lipinski definition) is 4. The largest absolute Gasteiger partial charge is 0.383 e. The molecule has 1 aromatic heterocycles. The first kappa shape index (κ1) is 15.3. The highest BCUT2D eigenvalue weighted by Gasteiger charge is 2.42. The molecule has 3 unspecified atom stereocenters. The van der Waals surface area contributed by atoms with E-state index in [1.54, 1.807) is 6.20 Å². The van der Waals surface area contributed by atoms with Crippen molar-refractivity contribution >= 4 is 5.82 Å². The highest BCUT2D eigenvalue weighted by molar-refractivity contribution is 5.47. The van der Waals surface area contributed by atoms with Gasteiger partial charge in [-0.3, -0.25) is 0 Å². The second-order valence-electron chi connectivity index (χ2n) is 6.10. The molecule has 4 N–H and O–H groups in total. The van der Waals surface area contributed by atoms with Gasteiger partial charge < -0.3 is 16.2 Å². The number of nitrogens with two attached hydrogens (primary N) is 2. The number of aryl methyl sites for hydroxylation is 1. The van der Waals surface area contributed by atoms with Crippen LogP contribution in [-0.2, 0) is 4.74 Å². The van der Waals surface area contributed by atoms with Gasteiger partial charge in [-0.2, -0.15) is 0 Å². The van der Waals surface area contributed by atoms with Crippen LogP contribution in [-0.4, -0.2) is 17.2 Å². The van der Waals surface area contributed by atoms with Crippen molar-refractivity contribution in [3.05, 3.63) is 23.4 Å². The molecular weight excluding hydrogens is 250 g/mol. The molecule has 0 bridgehead atoms. The summed E-state index contributed by atoms with van der Waals surface area (Å²) in [6, 6.07) is 1.76. The van der Waals surface area contributed by atoms with E-state index in [0.717, 1.165) is 30.4 Å². The molecule has 1 saturated carbocycles. The maximum atomic E-state index is 6.61. The molecule has 0 saturated heterocycles. The fraction of sp³-hybridized carbons (Fsp3) is 0.688. The molecule has 0 amide bonds. The Balaban J connectivity index is 2.38. The van der Waals surface area contributed by atoms with Crippen LogP contribution in [0.5, 0.6) is 0 Å². The van der Waals surface area contributed by atoms with Gasteiger partial charge in [-0.15, -0.1) is 0 Å². The van der Waals surface area contributed by atoms with Crippen molar-refractivity contribution in [3.63, 3.8) is 0 Å². The summed E-state index contributed by atoms with van der Waals surface area (Å²) < 4.78 is 6.16. The summed E-state index contributed by atoms with van der Waals surface area (Å²) >= 11 is 0. The van der Waals surface area contributed by atoms with E-state index in [0.29, 0.717) is 18.3 Å². The number of nitrogen functional groups attached to an aromatic ring is 1. The second-order valence-corrected chi connectivity index (χ2v) is 6.10. The van der Waals surface area contributed by atoms with Crippen LogP contribution >= 0.6 is 0 Å². The number of nitrogens with zero attached hydrogens (tertiary/aromatic N) is 1. The van der Waals surface area contributed by atoms with Crippen LogP contribution in [0.25, 0.3) is 0 Å². The smallest absolute Gasteiger partial charge is 0.128 e. The van der Waals surface area contributed by atoms with Crippen molar-refractivity contribution in [3.8, 4) is 0 Å². The molecule has 1 heterocycles. The molecule has 0 aliphatic heterocycles. The first-order valence-electron chi connectivity index (χ1n) is 7.60. The minimum atomic E-state index is -0.297. The van der Waals surface area contributed by atoms with Crippen LogP contribution in [0.4, 0.5) is 5.82 Å². The van der Waals surface area contributed by atoms with E-state index in [-0.39, 0.29) is 11.6 Å². The molecular formula is C16H27N3O. The molecule has 2 rings (SSSR count). The zero-order valence-electron chi connectivity index (χ0n) is 12.9. The molecule has 1 aliphatic rings. The van der Waals surface area contributed by atoms with Gasteiger partial charge in [0.25, 0.3) is 0 Å². The van der Waals surface area contributed by atoms with Crippen molar-refractivity contribution in [1.29, 1.82) is 0 Å². The summed E-state index contributed by atoms with van der Waals surface area (Å²) in [6.07, 6.45) is 6.14. The van der Waals surface area contributed by atoms with Gasteiger partial charge in [-0.05, 0) is 44.2 Å². The van der Waals surface area contributed by atoms with Crippen molar-refractivity contribution in [1.82, 2.24) is 4.98 Å². The van der Waals surface area contributed by atoms with Crippen LogP contribution in [0, 0.1) is 12.8 Å². The summed E-state index contributed by atoms with van der Waals surface area (Å²) in [4.78, 5) is 4.21. The minimum absolute atomic E-state index is 0.209. The summed E-state index contributed by atoms with van der Waals surface area (Å²) in [5.74, 6) is 1.18. The lowest BCUT2D eigenvalue weighted by Crippen LogP contribution is -2.47. The van der Waals surface area contributed by atoms with Crippen LogP contribution in [0.1, 0.15) is 56.7 Å². The van der Waals surface area contributed by atoms with E-state index < -0.39 is 0 Å². The number of pyridine rings is 1. The van der Waals surface area contributed by atoms with E-state index in [1.165, 1.54) is 6.42 Å². The second kappa shape index (κ2) is 6.10. The molecule has 4 heteroatoms. The maximum absolute atomic E-state index is 6.61. The number of rotatable bonds is 4. The summed E-state index contributed by atoms with van der Waals surface area (Å²) in [5.41, 5.74) is 14.4. The Morgan fingerprint density at radius 2 is 2.30 bits per heavy atom. The van der Waals surface area contributed by atoms with E-state index in [9.17, 15) is 0 Å². The minimum Gasteiger partial charge on any atom is -0.383 e. The van der Waals surface area contributed by atoms with Crippen LogP contribution in [0.2, 0.25) is 0 Å². The highest BCUT2D eigenvalue weighted by atomic mass is 16.5. The average molecular weight is 277 g/mol. The van der Waals surface area contributed by atoms with Gasteiger partial charge in [0, 0.05) is 18.4 Å². The first-order chi connectivity index (χ1) is 9.50. The molecule has 112 valence electrons. The Morgan fingerprint density at radius 3 is 2.90 bits per heavy atom. The number of hydrogen-bond donors (Lipinski definition) is 2. The zero-order chi connectivity index (χ0) is 14.8. The van der Waals surface area contributed by atoms with Gasteiger partial charge in [-0.25, -0.2) is 4.98 Å². The maximum Gasteiger partial charge on any atom is 0.128 e. The summed E-state index contributed by atoms with van der Waals surface area (Å²) in [6.45, 7) is 7.03. The molecule has 0 aromatic carbocycles. The predicted molar refractivity (Wildman–Crippen MR) is 82.3 cm³/mol. The Morgan fingerprint density at radius 1 is 1.55 bits per heavy atom. The van der Waals surface area contributed by atoms with Gasteiger partial charge in [-0.1, -0.05) is 19.8 Å². The first-order valence-corrected chi connectivity index (χ1v) is 7.60. The zero-order valence-corrected chi connectivity index (χ0v) is 12.9. The topological polar surface area (TPSA) is 74.2 Å². The Bertz CT molecular complexity index is 439. The van der Waals surface area contributed by atoms with Crippen molar-refractivity contribution < 1.29 is 4.74 Å². The monoisotopic (exact) mass is 277 g/mol. The molecule has 1 aromatic rings. The van der Waals surface area contributed by atoms with Gasteiger partial charge >= 0.3 is 0 Å². The molecule has 20 heavy (non-hydrogen) atoms. The van der Waals surface area contributed by atoms with E-state index >= 15 is 0 Å². The Kier molecular flexibility index (Phi) is 4.66. The van der Waals surface area contributed by atoms with Crippen molar-refractivity contribution in [2.45, 2.75) is 58.1 Å². The highest BCUT2D eigenvalue weighted by Crippen LogP contribution is 2.44. The molecule has 1 aliphatic carbocycles. The lowest BCUT2D eigenvalue weighted by atomic mass is 9.72. The predicted octanol–water partition coefficient (Wildman–Crippen LogP) is 2.96. The van der Waals surface area contributed by atoms with Gasteiger partial charge in [0.1, 0.15) is 5.82 Å². The molecule has 0 spiro atoms. The fourth-order valence-electron chi connectivity index (χ4n) is 3.59. The lowest BCUT2D eigenvalue weighted by molar-refractivity contribution is -0.0938. The van der Waals surface area contributed by atoms with E-state index in [2.05, 4.69) is 11.9 Å². The quantitative estimate of drug-likeness (QED) is 0.887. The summed E-state index contributed by atoms with van der Waals surface area (Å²) in [5, 5.41) is 0. The molecule has 3 atom stereocenters. The van der Waals surface area contributed by atoms with Crippen LogP contribution < -0.4 is 11.5 Å². The van der Waals surface area contributed by atoms with Crippen LogP contribution in [0.3, 0.4) is 0 Å². The lowest BCUT2D eigenvalue weighted by Gasteiger charge is -2.44. The number of ether oxygens (including phenoxy) is 1. The van der Waals surface area contributed by atoms with Crippen molar-refractivity contribution in [2.24, 2.45) is 11.7 Å². The van der Waals surface area contributed by atoms with E-state index in [4.69, 9.17) is 16.2 Å². The SMILES string of the molecule is CCOC1(C(N)c2c(C)ccnc2N)CCCC(C)C1. The molecule has 4 nitrogen and oxygen atoms in total. The molecule has 1 fully saturated rings. The Hall–Kier alpha value is -1.13. The van der Waals surface area contributed by atoms with Gasteiger partial charge in [0.05, 0.1) is 11.6 Å². The third-order valence-electron chi connectivity index (χ3n) is 4.54. The fourth-order valence-corrected chi connectivity index (χ4v) is 3.59. The normalized spacial score (nSPS) is 28.3. The Labute approximate surface area is 121 Å².